The van der Waals surface area contributed by atoms with Crippen LogP contribution in [-0.2, 0) is 11.3 Å². The SMILES string of the molecule is Nc1ncnc2c1nc(Sc1nc3cccc(Cl)c3s1)n2CCC1CCN(C=O)CC1. The summed E-state index contributed by atoms with van der Waals surface area (Å²) in [4.78, 5) is 30.8. The molecule has 0 spiro atoms. The van der Waals surface area contributed by atoms with Crippen molar-refractivity contribution in [2.24, 2.45) is 5.92 Å². The quantitative estimate of drug-likeness (QED) is 0.421. The molecule has 31 heavy (non-hydrogen) atoms. The lowest BCUT2D eigenvalue weighted by Gasteiger charge is -2.29. The van der Waals surface area contributed by atoms with Crippen LogP contribution in [0.3, 0.4) is 0 Å². The number of nitrogens with two attached hydrogens (primary N) is 1. The van der Waals surface area contributed by atoms with E-state index in [2.05, 4.69) is 14.5 Å². The maximum atomic E-state index is 11.0. The monoisotopic (exact) mass is 473 g/mol. The highest BCUT2D eigenvalue weighted by molar-refractivity contribution is 8.01. The Bertz CT molecular complexity index is 1250. The molecule has 1 amide bonds. The number of nitrogens with zero attached hydrogens (tertiary/aromatic N) is 6. The molecule has 160 valence electrons. The number of nitrogen functional groups attached to an aromatic ring is 1. The first-order valence-electron chi connectivity index (χ1n) is 10.0. The summed E-state index contributed by atoms with van der Waals surface area (Å²) in [6.07, 6.45) is 5.44. The molecule has 1 fully saturated rings. The van der Waals surface area contributed by atoms with Gasteiger partial charge in [0.1, 0.15) is 6.33 Å². The minimum atomic E-state index is 0.372. The smallest absolute Gasteiger partial charge is 0.209 e. The zero-order valence-electron chi connectivity index (χ0n) is 16.6. The minimum absolute atomic E-state index is 0.372. The third-order valence-electron chi connectivity index (χ3n) is 5.61. The van der Waals surface area contributed by atoms with E-state index < -0.39 is 0 Å². The van der Waals surface area contributed by atoms with E-state index >= 15 is 0 Å². The van der Waals surface area contributed by atoms with Crippen molar-refractivity contribution in [3.63, 3.8) is 0 Å². The lowest BCUT2D eigenvalue weighted by atomic mass is 9.94. The molecule has 0 saturated carbocycles. The molecule has 4 heterocycles. The first kappa shape index (κ1) is 20.5. The number of hydrogen-bond donors (Lipinski definition) is 1. The standard InChI is InChI=1S/C20H20ClN7OS2/c21-13-2-1-3-14-16(13)30-20(25-14)31-19-26-15-17(22)23-10-24-18(15)28(19)9-6-12-4-7-27(11-29)8-5-12/h1-3,10-12H,4-9H2,(H2,22,23,24). The van der Waals surface area contributed by atoms with Crippen LogP contribution in [0.15, 0.2) is 34.0 Å². The van der Waals surface area contributed by atoms with Crippen molar-refractivity contribution in [2.45, 2.75) is 35.3 Å². The van der Waals surface area contributed by atoms with Crippen molar-refractivity contribution in [1.82, 2.24) is 29.4 Å². The number of imidazole rings is 1. The van der Waals surface area contributed by atoms with Crippen molar-refractivity contribution >= 4 is 68.3 Å². The Labute approximate surface area is 191 Å². The van der Waals surface area contributed by atoms with Crippen LogP contribution < -0.4 is 5.73 Å². The third kappa shape index (κ3) is 4.07. The maximum absolute atomic E-state index is 11.0. The van der Waals surface area contributed by atoms with Gasteiger partial charge in [-0.25, -0.2) is 19.9 Å². The number of rotatable bonds is 6. The summed E-state index contributed by atoms with van der Waals surface area (Å²) in [6, 6.07) is 5.73. The molecule has 2 N–H and O–H groups in total. The Morgan fingerprint density at radius 3 is 2.87 bits per heavy atom. The van der Waals surface area contributed by atoms with Crippen LogP contribution in [0.4, 0.5) is 5.82 Å². The molecule has 0 radical (unpaired) electrons. The highest BCUT2D eigenvalue weighted by Gasteiger charge is 2.21. The van der Waals surface area contributed by atoms with Crippen molar-refractivity contribution < 1.29 is 4.79 Å². The van der Waals surface area contributed by atoms with E-state index in [9.17, 15) is 4.79 Å². The molecule has 1 aliphatic heterocycles. The Kier molecular flexibility index (Phi) is 5.68. The predicted octanol–water partition coefficient (Wildman–Crippen LogP) is 4.08. The normalized spacial score (nSPS) is 15.2. The summed E-state index contributed by atoms with van der Waals surface area (Å²) in [5, 5.41) is 1.50. The number of hydrogen-bond acceptors (Lipinski definition) is 8. The Hall–Kier alpha value is -2.43. The van der Waals surface area contributed by atoms with Gasteiger partial charge in [0, 0.05) is 19.6 Å². The average molecular weight is 474 g/mol. The zero-order chi connectivity index (χ0) is 21.4. The second-order valence-corrected chi connectivity index (χ2v) is 10.1. The number of piperidine rings is 1. The number of fused-ring (bicyclic) bond motifs is 2. The van der Waals surface area contributed by atoms with E-state index in [0.717, 1.165) is 70.7 Å². The van der Waals surface area contributed by atoms with Crippen molar-refractivity contribution in [2.75, 3.05) is 18.8 Å². The second kappa shape index (κ2) is 8.60. The summed E-state index contributed by atoms with van der Waals surface area (Å²) in [5.41, 5.74) is 8.30. The number of amides is 1. The molecule has 8 nitrogen and oxygen atoms in total. The van der Waals surface area contributed by atoms with Gasteiger partial charge >= 0.3 is 0 Å². The van der Waals surface area contributed by atoms with Gasteiger partial charge in [0.25, 0.3) is 0 Å². The van der Waals surface area contributed by atoms with Crippen LogP contribution in [0.2, 0.25) is 5.02 Å². The number of carbonyl (C=O) groups excluding carboxylic acids is 1. The number of aryl methyl sites for hydroxylation is 1. The highest BCUT2D eigenvalue weighted by Crippen LogP contribution is 2.38. The molecular weight excluding hydrogens is 454 g/mol. The second-order valence-electron chi connectivity index (χ2n) is 7.52. The van der Waals surface area contributed by atoms with Gasteiger partial charge in [0.2, 0.25) is 6.41 Å². The molecule has 5 rings (SSSR count). The molecule has 0 aliphatic carbocycles. The molecular formula is C20H20ClN7OS2. The lowest BCUT2D eigenvalue weighted by molar-refractivity contribution is -0.119. The van der Waals surface area contributed by atoms with Gasteiger partial charge in [-0.05, 0) is 49.1 Å². The molecule has 3 aromatic heterocycles. The summed E-state index contributed by atoms with van der Waals surface area (Å²) < 4.78 is 3.94. The van der Waals surface area contributed by atoms with Gasteiger partial charge in [-0.15, -0.1) is 11.3 Å². The molecule has 0 unspecified atom stereocenters. The Morgan fingerprint density at radius 2 is 2.10 bits per heavy atom. The van der Waals surface area contributed by atoms with Crippen LogP contribution in [0.5, 0.6) is 0 Å². The number of likely N-dealkylation sites (tertiary alicyclic amines) is 1. The topological polar surface area (TPSA) is 103 Å². The van der Waals surface area contributed by atoms with Gasteiger partial charge < -0.3 is 15.2 Å². The molecule has 11 heteroatoms. The molecule has 1 aliphatic rings. The number of benzene rings is 1. The van der Waals surface area contributed by atoms with Crippen LogP contribution in [0.1, 0.15) is 19.3 Å². The van der Waals surface area contributed by atoms with Crippen molar-refractivity contribution in [3.8, 4) is 0 Å². The number of aromatic nitrogens is 5. The fourth-order valence-corrected chi connectivity index (χ4v) is 6.24. The minimum Gasteiger partial charge on any atom is -0.382 e. The van der Waals surface area contributed by atoms with Crippen LogP contribution in [0.25, 0.3) is 21.4 Å². The maximum Gasteiger partial charge on any atom is 0.209 e. The summed E-state index contributed by atoms with van der Waals surface area (Å²) in [5.74, 6) is 0.934. The highest BCUT2D eigenvalue weighted by atomic mass is 35.5. The number of carbonyl (C=O) groups is 1. The molecule has 4 aromatic rings. The number of thiazole rings is 1. The first-order valence-corrected chi connectivity index (χ1v) is 12.0. The largest absolute Gasteiger partial charge is 0.382 e. The average Bonchev–Trinajstić information content (AvgIpc) is 3.35. The van der Waals surface area contributed by atoms with E-state index in [4.69, 9.17) is 27.3 Å². The fraction of sp³-hybridized carbons (Fsp3) is 0.350. The molecule has 1 aromatic carbocycles. The number of anilines is 1. The predicted molar refractivity (Wildman–Crippen MR) is 123 cm³/mol. The fourth-order valence-electron chi connectivity index (χ4n) is 3.89. The third-order valence-corrected chi connectivity index (χ3v) is 8.20. The summed E-state index contributed by atoms with van der Waals surface area (Å²) in [7, 11) is 0. The van der Waals surface area contributed by atoms with Gasteiger partial charge in [-0.1, -0.05) is 17.7 Å². The van der Waals surface area contributed by atoms with Crippen molar-refractivity contribution in [1.29, 1.82) is 0 Å². The summed E-state index contributed by atoms with van der Waals surface area (Å²) >= 11 is 9.37. The van der Waals surface area contributed by atoms with Gasteiger partial charge in [0.05, 0.1) is 15.2 Å². The molecule has 0 atom stereocenters. The van der Waals surface area contributed by atoms with Gasteiger partial charge in [-0.3, -0.25) is 4.79 Å². The Balaban J connectivity index is 1.43. The van der Waals surface area contributed by atoms with E-state index in [1.165, 1.54) is 18.1 Å². The van der Waals surface area contributed by atoms with Crippen LogP contribution in [0, 0.1) is 5.92 Å². The van der Waals surface area contributed by atoms with Gasteiger partial charge in [-0.2, -0.15) is 0 Å². The van der Waals surface area contributed by atoms with E-state index in [0.29, 0.717) is 22.3 Å². The zero-order valence-corrected chi connectivity index (χ0v) is 19.0. The summed E-state index contributed by atoms with van der Waals surface area (Å²) in [6.45, 7) is 2.41. The number of halogens is 1. The molecule has 1 saturated heterocycles. The van der Waals surface area contributed by atoms with E-state index in [1.807, 2.05) is 23.1 Å². The van der Waals surface area contributed by atoms with E-state index in [1.54, 1.807) is 11.3 Å². The van der Waals surface area contributed by atoms with Crippen LogP contribution >= 0.6 is 34.7 Å². The van der Waals surface area contributed by atoms with Crippen molar-refractivity contribution in [3.05, 3.63) is 29.5 Å². The first-order chi connectivity index (χ1) is 15.1. The van der Waals surface area contributed by atoms with E-state index in [-0.39, 0.29) is 0 Å². The van der Waals surface area contributed by atoms with Crippen LogP contribution in [-0.4, -0.2) is 48.9 Å². The molecule has 0 bridgehead atoms. The lowest BCUT2D eigenvalue weighted by Crippen LogP contribution is -2.32. The van der Waals surface area contributed by atoms with Gasteiger partial charge in [0.15, 0.2) is 26.5 Å². The Morgan fingerprint density at radius 1 is 1.26 bits per heavy atom.